The number of non-ortho nitro benzene ring substituents is 1. The molecule has 2 aromatic carbocycles. The van der Waals surface area contributed by atoms with E-state index >= 15 is 0 Å². The summed E-state index contributed by atoms with van der Waals surface area (Å²) in [6.07, 6.45) is 0. The maximum atomic E-state index is 13.4. The van der Waals surface area contributed by atoms with Crippen molar-refractivity contribution in [1.29, 1.82) is 0 Å². The van der Waals surface area contributed by atoms with Crippen molar-refractivity contribution < 1.29 is 13.5 Å². The van der Waals surface area contributed by atoms with Gasteiger partial charge in [-0.2, -0.15) is 0 Å². The summed E-state index contributed by atoms with van der Waals surface area (Å²) in [5.41, 5.74) is 6.99. The van der Waals surface area contributed by atoms with Gasteiger partial charge in [0.25, 0.3) is 5.69 Å². The molecule has 0 aliphatic heterocycles. The first-order valence-corrected chi connectivity index (χ1v) is 7.37. The number of hydrogen-bond donors (Lipinski definition) is 1. The highest BCUT2D eigenvalue weighted by atomic mass is 32.2. The van der Waals surface area contributed by atoms with Crippen LogP contribution in [0.3, 0.4) is 0 Å². The minimum Gasteiger partial charge on any atom is -0.398 e. The van der Waals surface area contributed by atoms with Crippen molar-refractivity contribution in [2.24, 2.45) is 0 Å². The second-order valence-electron chi connectivity index (χ2n) is 4.61. The van der Waals surface area contributed by atoms with Crippen molar-refractivity contribution in [2.75, 3.05) is 5.73 Å². The first-order valence-electron chi connectivity index (χ1n) is 6.05. The minimum absolute atomic E-state index is 0.0355. The molecule has 1 atom stereocenters. The van der Waals surface area contributed by atoms with Crippen LogP contribution in [0, 0.1) is 22.9 Å². The van der Waals surface area contributed by atoms with Gasteiger partial charge in [0.05, 0.1) is 32.4 Å². The molecule has 0 radical (unpaired) electrons. The van der Waals surface area contributed by atoms with Crippen LogP contribution in [0.4, 0.5) is 15.8 Å². The van der Waals surface area contributed by atoms with E-state index in [1.807, 2.05) is 6.92 Å². The number of nitro groups is 1. The number of nitrogens with two attached hydrogens (primary N) is 1. The van der Waals surface area contributed by atoms with Crippen molar-refractivity contribution in [3.8, 4) is 0 Å². The fourth-order valence-electron chi connectivity index (χ4n) is 1.89. The Labute approximate surface area is 123 Å². The van der Waals surface area contributed by atoms with Crippen molar-refractivity contribution in [3.05, 3.63) is 63.5 Å². The van der Waals surface area contributed by atoms with Gasteiger partial charge in [0, 0.05) is 11.8 Å². The second kappa shape index (κ2) is 6.01. The first kappa shape index (κ1) is 15.1. The largest absolute Gasteiger partial charge is 0.398 e. The molecule has 0 saturated carbocycles. The summed E-state index contributed by atoms with van der Waals surface area (Å²) in [5, 5.41) is 10.7. The molecule has 5 nitrogen and oxygen atoms in total. The second-order valence-corrected chi connectivity index (χ2v) is 6.03. The summed E-state index contributed by atoms with van der Waals surface area (Å²) in [7, 11) is -1.50. The number of rotatable bonds is 4. The maximum Gasteiger partial charge on any atom is 0.272 e. The van der Waals surface area contributed by atoms with Crippen LogP contribution in [0.1, 0.15) is 11.1 Å². The molecule has 1 unspecified atom stereocenters. The van der Waals surface area contributed by atoms with E-state index in [1.165, 1.54) is 6.07 Å². The van der Waals surface area contributed by atoms with Crippen LogP contribution < -0.4 is 5.73 Å². The lowest BCUT2D eigenvalue weighted by Crippen LogP contribution is -2.02. The monoisotopic (exact) mass is 308 g/mol. The molecule has 0 amide bonds. The Morgan fingerprint density at radius 1 is 1.29 bits per heavy atom. The van der Waals surface area contributed by atoms with E-state index in [2.05, 4.69) is 0 Å². The van der Waals surface area contributed by atoms with Crippen LogP contribution >= 0.6 is 0 Å². The average Bonchev–Trinajstić information content (AvgIpc) is 2.40. The zero-order chi connectivity index (χ0) is 15.6. The highest BCUT2D eigenvalue weighted by Gasteiger charge is 2.14. The summed E-state index contributed by atoms with van der Waals surface area (Å²) in [5.74, 6) is -0.764. The standard InChI is InChI=1S/C14H13FN2O3S/c1-9-2-3-13(16)14(4-9)21(20)8-10-5-11(15)7-12(6-10)17(18)19/h2-7H,8,16H2,1H3. The number of nitro benzene ring substituents is 1. The van der Waals surface area contributed by atoms with Gasteiger partial charge in [-0.15, -0.1) is 0 Å². The van der Waals surface area contributed by atoms with Crippen LogP contribution in [0.5, 0.6) is 0 Å². The molecule has 0 spiro atoms. The van der Waals surface area contributed by atoms with E-state index in [0.717, 1.165) is 17.7 Å². The fourth-order valence-corrected chi connectivity index (χ4v) is 3.16. The number of anilines is 1. The minimum atomic E-state index is -1.50. The predicted octanol–water partition coefficient (Wildman–Crippen LogP) is 2.93. The summed E-state index contributed by atoms with van der Waals surface area (Å²) in [6, 6.07) is 8.32. The molecule has 0 aromatic heterocycles. The van der Waals surface area contributed by atoms with Crippen molar-refractivity contribution in [2.45, 2.75) is 17.6 Å². The van der Waals surface area contributed by atoms with Gasteiger partial charge in [0.1, 0.15) is 5.82 Å². The molecular formula is C14H13FN2O3S. The predicted molar refractivity (Wildman–Crippen MR) is 78.8 cm³/mol. The van der Waals surface area contributed by atoms with Crippen LogP contribution in [0.2, 0.25) is 0 Å². The van der Waals surface area contributed by atoms with E-state index in [4.69, 9.17) is 5.73 Å². The Hall–Kier alpha value is -2.28. The normalized spacial score (nSPS) is 12.1. The molecule has 21 heavy (non-hydrogen) atoms. The molecular weight excluding hydrogens is 295 g/mol. The molecule has 0 aliphatic carbocycles. The van der Waals surface area contributed by atoms with E-state index in [9.17, 15) is 18.7 Å². The van der Waals surface area contributed by atoms with Gasteiger partial charge in [-0.1, -0.05) is 6.07 Å². The smallest absolute Gasteiger partial charge is 0.272 e. The number of benzene rings is 2. The number of halogens is 1. The van der Waals surface area contributed by atoms with Crippen LogP contribution in [0.15, 0.2) is 41.3 Å². The Bertz CT molecular complexity index is 734. The molecule has 0 fully saturated rings. The number of hydrogen-bond acceptors (Lipinski definition) is 4. The third kappa shape index (κ3) is 3.63. The maximum absolute atomic E-state index is 13.4. The highest BCUT2D eigenvalue weighted by molar-refractivity contribution is 7.84. The van der Waals surface area contributed by atoms with Crippen molar-refractivity contribution in [1.82, 2.24) is 0 Å². The number of aryl methyl sites for hydroxylation is 1. The molecule has 0 saturated heterocycles. The summed E-state index contributed by atoms with van der Waals surface area (Å²) in [6.45, 7) is 1.84. The van der Waals surface area contributed by atoms with Gasteiger partial charge in [-0.05, 0) is 36.2 Å². The highest BCUT2D eigenvalue weighted by Crippen LogP contribution is 2.23. The van der Waals surface area contributed by atoms with Gasteiger partial charge >= 0.3 is 0 Å². The first-order chi connectivity index (χ1) is 9.86. The molecule has 2 rings (SSSR count). The molecule has 7 heteroatoms. The van der Waals surface area contributed by atoms with Gasteiger partial charge in [0.2, 0.25) is 0 Å². The van der Waals surface area contributed by atoms with E-state index in [-0.39, 0.29) is 11.4 Å². The summed E-state index contributed by atoms with van der Waals surface area (Å²) in [4.78, 5) is 10.5. The van der Waals surface area contributed by atoms with E-state index in [0.29, 0.717) is 16.1 Å². The van der Waals surface area contributed by atoms with Crippen molar-refractivity contribution in [3.63, 3.8) is 0 Å². The summed E-state index contributed by atoms with van der Waals surface area (Å²) < 4.78 is 25.7. The lowest BCUT2D eigenvalue weighted by Gasteiger charge is -2.07. The van der Waals surface area contributed by atoms with Crippen LogP contribution in [-0.4, -0.2) is 9.13 Å². The molecule has 0 bridgehead atoms. The quantitative estimate of drug-likeness (QED) is 0.534. The van der Waals surface area contributed by atoms with Crippen molar-refractivity contribution >= 4 is 22.2 Å². The summed E-state index contributed by atoms with van der Waals surface area (Å²) >= 11 is 0. The average molecular weight is 308 g/mol. The molecule has 0 aliphatic rings. The van der Waals surface area contributed by atoms with Gasteiger partial charge < -0.3 is 5.73 Å². The van der Waals surface area contributed by atoms with E-state index < -0.39 is 21.5 Å². The van der Waals surface area contributed by atoms with Gasteiger partial charge in [-0.25, -0.2) is 4.39 Å². The Kier molecular flexibility index (Phi) is 4.32. The third-order valence-corrected chi connectivity index (χ3v) is 4.30. The zero-order valence-corrected chi connectivity index (χ0v) is 12.0. The third-order valence-electron chi connectivity index (χ3n) is 2.87. The van der Waals surface area contributed by atoms with Crippen LogP contribution in [0.25, 0.3) is 0 Å². The SMILES string of the molecule is Cc1ccc(N)c(S(=O)Cc2cc(F)cc([N+](=O)[O-])c2)c1. The molecule has 0 heterocycles. The number of nitrogens with zero attached hydrogens (tertiary/aromatic N) is 1. The van der Waals surface area contributed by atoms with Gasteiger partial charge in [0.15, 0.2) is 0 Å². The molecule has 2 N–H and O–H groups in total. The topological polar surface area (TPSA) is 86.2 Å². The molecule has 2 aromatic rings. The Morgan fingerprint density at radius 3 is 2.67 bits per heavy atom. The Balaban J connectivity index is 2.31. The number of nitrogen functional groups attached to an aromatic ring is 1. The van der Waals surface area contributed by atoms with Gasteiger partial charge in [-0.3, -0.25) is 14.3 Å². The molecule has 110 valence electrons. The lowest BCUT2D eigenvalue weighted by molar-refractivity contribution is -0.385. The zero-order valence-electron chi connectivity index (χ0n) is 11.2. The fraction of sp³-hybridized carbons (Fsp3) is 0.143. The van der Waals surface area contributed by atoms with Crippen LogP contribution in [-0.2, 0) is 16.6 Å². The Morgan fingerprint density at radius 2 is 2.00 bits per heavy atom. The van der Waals surface area contributed by atoms with E-state index in [1.54, 1.807) is 18.2 Å². The lowest BCUT2D eigenvalue weighted by atomic mass is 10.2.